The summed E-state index contributed by atoms with van der Waals surface area (Å²) in [5, 5.41) is 39.5. The van der Waals surface area contributed by atoms with Crippen molar-refractivity contribution in [2.45, 2.75) is 76.1 Å². The van der Waals surface area contributed by atoms with Crippen LogP contribution < -0.4 is 0 Å². The van der Waals surface area contributed by atoms with Gasteiger partial charge in [-0.25, -0.2) is 0 Å². The second-order valence-electron chi connectivity index (χ2n) is 7.90. The minimum Gasteiger partial charge on any atom is -0.481 e. The van der Waals surface area contributed by atoms with E-state index in [9.17, 15) is 20.1 Å². The van der Waals surface area contributed by atoms with Gasteiger partial charge < -0.3 is 20.4 Å². The number of aliphatic hydroxyl groups excluding tert-OH is 3. The Hall–Kier alpha value is -1.69. The van der Waals surface area contributed by atoms with E-state index in [1.165, 1.54) is 0 Å². The highest BCUT2D eigenvalue weighted by Crippen LogP contribution is 2.38. The first kappa shape index (κ1) is 22.6. The molecule has 0 aliphatic heterocycles. The molecule has 0 aromatic heterocycles. The summed E-state index contributed by atoms with van der Waals surface area (Å²) >= 11 is 0. The van der Waals surface area contributed by atoms with Gasteiger partial charge in [-0.05, 0) is 55.9 Å². The molecule has 0 radical (unpaired) electrons. The molecule has 1 aliphatic carbocycles. The molecular weight excluding hydrogens is 356 g/mol. The maximum Gasteiger partial charge on any atom is 0.303 e. The highest BCUT2D eigenvalue weighted by Gasteiger charge is 2.40. The molecule has 1 unspecified atom stereocenters. The Balaban J connectivity index is 1.72. The van der Waals surface area contributed by atoms with E-state index < -0.39 is 24.3 Å². The van der Waals surface area contributed by atoms with Crippen LogP contribution in [0.4, 0.5) is 0 Å². The van der Waals surface area contributed by atoms with E-state index in [0.717, 1.165) is 31.2 Å². The highest BCUT2D eigenvalue weighted by molar-refractivity contribution is 5.66. The standard InChI is InChI=1S/C23H34O5/c24-20(17-10-4-3-5-11-17)14-9-8-13-19-18(21(25)16-22(19)26)12-6-1-2-7-15-23(27)28/h1,3-6,10-11,18-22,24-26H,2,7-9,12-16H2,(H,27,28)/b6-1+/t18-,19-,20?,21+,22-/m1/s1. The van der Waals surface area contributed by atoms with E-state index in [1.54, 1.807) is 0 Å². The Labute approximate surface area is 167 Å². The SMILES string of the molecule is O=C(O)CCC/C=C/C[C@@H]1[C@@H](CCCCC(O)c2ccccc2)[C@H](O)C[C@@H]1O. The topological polar surface area (TPSA) is 98.0 Å². The molecule has 0 bridgehead atoms. The van der Waals surface area contributed by atoms with Crippen molar-refractivity contribution in [3.63, 3.8) is 0 Å². The molecule has 2 rings (SSSR count). The summed E-state index contributed by atoms with van der Waals surface area (Å²) in [5.74, 6) is -0.655. The molecule has 0 heterocycles. The lowest BCUT2D eigenvalue weighted by molar-refractivity contribution is -0.137. The zero-order chi connectivity index (χ0) is 20.4. The van der Waals surface area contributed by atoms with Gasteiger partial charge in [0, 0.05) is 6.42 Å². The van der Waals surface area contributed by atoms with Gasteiger partial charge in [-0.2, -0.15) is 0 Å². The normalized spacial score (nSPS) is 26.0. The Morgan fingerprint density at radius 3 is 2.46 bits per heavy atom. The molecule has 5 atom stereocenters. The molecule has 5 heteroatoms. The van der Waals surface area contributed by atoms with Gasteiger partial charge in [-0.1, -0.05) is 55.3 Å². The monoisotopic (exact) mass is 390 g/mol. The number of unbranched alkanes of at least 4 members (excludes halogenated alkanes) is 2. The summed E-state index contributed by atoms with van der Waals surface area (Å²) in [6.07, 6.45) is 8.57. The lowest BCUT2D eigenvalue weighted by atomic mass is 9.86. The number of rotatable bonds is 12. The molecule has 4 N–H and O–H groups in total. The van der Waals surface area contributed by atoms with Crippen molar-refractivity contribution >= 4 is 5.97 Å². The van der Waals surface area contributed by atoms with Crippen LogP contribution in [0.3, 0.4) is 0 Å². The van der Waals surface area contributed by atoms with Crippen LogP contribution >= 0.6 is 0 Å². The summed E-state index contributed by atoms with van der Waals surface area (Å²) in [7, 11) is 0. The van der Waals surface area contributed by atoms with Crippen LogP contribution in [0.2, 0.25) is 0 Å². The van der Waals surface area contributed by atoms with Crippen LogP contribution in [0.1, 0.15) is 69.5 Å². The smallest absolute Gasteiger partial charge is 0.303 e. The number of hydrogen-bond donors (Lipinski definition) is 4. The number of carboxylic acid groups (broad SMARTS) is 1. The third-order valence-corrected chi connectivity index (χ3v) is 5.81. The first-order valence-electron chi connectivity index (χ1n) is 10.4. The predicted molar refractivity (Wildman–Crippen MR) is 109 cm³/mol. The van der Waals surface area contributed by atoms with Crippen molar-refractivity contribution in [1.82, 2.24) is 0 Å². The third-order valence-electron chi connectivity index (χ3n) is 5.81. The quantitative estimate of drug-likeness (QED) is 0.321. The molecule has 1 fully saturated rings. The van der Waals surface area contributed by atoms with Crippen molar-refractivity contribution in [3.8, 4) is 0 Å². The van der Waals surface area contributed by atoms with E-state index in [0.29, 0.717) is 25.7 Å². The van der Waals surface area contributed by atoms with Gasteiger partial charge in [-0.3, -0.25) is 4.79 Å². The Morgan fingerprint density at radius 1 is 1.04 bits per heavy atom. The number of aliphatic carboxylic acids is 1. The van der Waals surface area contributed by atoms with Gasteiger partial charge in [0.05, 0.1) is 18.3 Å². The molecule has 28 heavy (non-hydrogen) atoms. The van der Waals surface area contributed by atoms with Gasteiger partial charge in [0.2, 0.25) is 0 Å². The molecule has 1 aromatic rings. The summed E-state index contributed by atoms with van der Waals surface area (Å²) in [5.41, 5.74) is 0.935. The summed E-state index contributed by atoms with van der Waals surface area (Å²) in [4.78, 5) is 10.5. The number of allylic oxidation sites excluding steroid dienone is 2. The maximum atomic E-state index is 10.5. The molecule has 0 amide bonds. The fourth-order valence-electron chi connectivity index (χ4n) is 4.21. The zero-order valence-corrected chi connectivity index (χ0v) is 16.5. The predicted octanol–water partition coefficient (Wildman–Crippen LogP) is 3.84. The van der Waals surface area contributed by atoms with E-state index in [4.69, 9.17) is 5.11 Å². The molecule has 0 saturated heterocycles. The summed E-state index contributed by atoms with van der Waals surface area (Å²) in [6, 6.07) is 9.65. The van der Waals surface area contributed by atoms with E-state index in [2.05, 4.69) is 0 Å². The second kappa shape index (κ2) is 12.0. The van der Waals surface area contributed by atoms with Gasteiger partial charge in [0.25, 0.3) is 0 Å². The first-order valence-corrected chi connectivity index (χ1v) is 10.4. The second-order valence-corrected chi connectivity index (χ2v) is 7.90. The summed E-state index contributed by atoms with van der Waals surface area (Å²) < 4.78 is 0. The van der Waals surface area contributed by atoms with Crippen LogP contribution in [-0.2, 0) is 4.79 Å². The molecular formula is C23H34O5. The van der Waals surface area contributed by atoms with Gasteiger partial charge in [0.15, 0.2) is 0 Å². The minimum absolute atomic E-state index is 0.0461. The first-order chi connectivity index (χ1) is 13.5. The maximum absolute atomic E-state index is 10.5. The summed E-state index contributed by atoms with van der Waals surface area (Å²) in [6.45, 7) is 0. The number of aliphatic hydroxyl groups is 3. The molecule has 1 saturated carbocycles. The van der Waals surface area contributed by atoms with Gasteiger partial charge in [0.1, 0.15) is 0 Å². The number of hydrogen-bond acceptors (Lipinski definition) is 4. The van der Waals surface area contributed by atoms with Crippen LogP contribution in [0.25, 0.3) is 0 Å². The van der Waals surface area contributed by atoms with Crippen molar-refractivity contribution in [2.24, 2.45) is 11.8 Å². The fourth-order valence-corrected chi connectivity index (χ4v) is 4.21. The minimum atomic E-state index is -0.778. The Kier molecular flexibility index (Phi) is 9.68. The van der Waals surface area contributed by atoms with Crippen LogP contribution in [0, 0.1) is 11.8 Å². The van der Waals surface area contributed by atoms with Crippen molar-refractivity contribution in [3.05, 3.63) is 48.0 Å². The number of carboxylic acids is 1. The molecule has 1 aromatic carbocycles. The third kappa shape index (κ3) is 7.38. The molecule has 1 aliphatic rings. The average molecular weight is 391 g/mol. The molecule has 156 valence electrons. The van der Waals surface area contributed by atoms with Gasteiger partial charge >= 0.3 is 5.97 Å². The van der Waals surface area contributed by atoms with Gasteiger partial charge in [-0.15, -0.1) is 0 Å². The Bertz CT molecular complexity index is 600. The fraction of sp³-hybridized carbons (Fsp3) is 0.609. The van der Waals surface area contributed by atoms with E-state index in [1.807, 2.05) is 42.5 Å². The molecule has 5 nitrogen and oxygen atoms in total. The van der Waals surface area contributed by atoms with Crippen molar-refractivity contribution in [1.29, 1.82) is 0 Å². The number of benzene rings is 1. The number of carbonyl (C=O) groups is 1. The van der Waals surface area contributed by atoms with E-state index in [-0.39, 0.29) is 18.3 Å². The van der Waals surface area contributed by atoms with E-state index >= 15 is 0 Å². The highest BCUT2D eigenvalue weighted by atomic mass is 16.4. The largest absolute Gasteiger partial charge is 0.481 e. The van der Waals surface area contributed by atoms with Crippen LogP contribution in [-0.4, -0.2) is 38.6 Å². The Morgan fingerprint density at radius 2 is 1.75 bits per heavy atom. The van der Waals surface area contributed by atoms with Crippen molar-refractivity contribution < 1.29 is 25.2 Å². The van der Waals surface area contributed by atoms with Crippen LogP contribution in [0.5, 0.6) is 0 Å². The molecule has 0 spiro atoms. The zero-order valence-electron chi connectivity index (χ0n) is 16.5. The lowest BCUT2D eigenvalue weighted by Crippen LogP contribution is -2.21. The van der Waals surface area contributed by atoms with Crippen molar-refractivity contribution in [2.75, 3.05) is 0 Å². The average Bonchev–Trinajstić information content (AvgIpc) is 2.94. The lowest BCUT2D eigenvalue weighted by Gasteiger charge is -2.22. The van der Waals surface area contributed by atoms with Crippen LogP contribution in [0.15, 0.2) is 42.5 Å².